The zero-order chi connectivity index (χ0) is 14.5. The van der Waals surface area contributed by atoms with E-state index in [2.05, 4.69) is 43.4 Å². The van der Waals surface area contributed by atoms with Gasteiger partial charge in [-0.2, -0.15) is 0 Å². The Kier molecular flexibility index (Phi) is 5.47. The van der Waals surface area contributed by atoms with Crippen LogP contribution < -0.4 is 5.32 Å². The number of rotatable bonds is 5. The van der Waals surface area contributed by atoms with Crippen LogP contribution in [0.25, 0.3) is 0 Å². The molecule has 2 aromatic carbocycles. The predicted octanol–water partition coefficient (Wildman–Crippen LogP) is 5.41. The van der Waals surface area contributed by atoms with Crippen molar-refractivity contribution in [3.8, 4) is 0 Å². The Morgan fingerprint density at radius 3 is 2.05 bits per heavy atom. The molecule has 106 valence electrons. The Morgan fingerprint density at radius 1 is 0.900 bits per heavy atom. The summed E-state index contributed by atoms with van der Waals surface area (Å²) < 4.78 is 0. The van der Waals surface area contributed by atoms with Crippen molar-refractivity contribution in [2.75, 3.05) is 0 Å². The topological polar surface area (TPSA) is 12.0 Å². The van der Waals surface area contributed by atoms with Crippen LogP contribution in [0.3, 0.4) is 0 Å². The average Bonchev–Trinajstić information content (AvgIpc) is 2.42. The van der Waals surface area contributed by atoms with Crippen LogP contribution in [-0.2, 0) is 13.1 Å². The molecule has 0 atom stereocenters. The maximum Gasteiger partial charge on any atom is 0.0465 e. The summed E-state index contributed by atoms with van der Waals surface area (Å²) in [5, 5.41) is 4.80. The molecule has 0 heterocycles. The van der Waals surface area contributed by atoms with Crippen LogP contribution in [0.2, 0.25) is 10.0 Å². The summed E-state index contributed by atoms with van der Waals surface area (Å²) in [7, 11) is 0. The molecule has 3 heteroatoms. The highest BCUT2D eigenvalue weighted by Gasteiger charge is 2.05. The third kappa shape index (κ3) is 3.99. The Hall–Kier alpha value is -1.02. The summed E-state index contributed by atoms with van der Waals surface area (Å²) in [5.74, 6) is 0.568. The molecule has 0 radical (unpaired) electrons. The molecular weight excluding hydrogens is 289 g/mol. The second kappa shape index (κ2) is 7.12. The molecule has 0 aliphatic carbocycles. The first-order valence-electron chi connectivity index (χ1n) is 6.80. The molecular formula is C17H19Cl2N. The Morgan fingerprint density at radius 2 is 1.50 bits per heavy atom. The van der Waals surface area contributed by atoms with Gasteiger partial charge in [-0.05, 0) is 29.2 Å². The van der Waals surface area contributed by atoms with Gasteiger partial charge in [0, 0.05) is 28.7 Å². The highest BCUT2D eigenvalue weighted by Crippen LogP contribution is 2.24. The minimum Gasteiger partial charge on any atom is -0.309 e. The fourth-order valence-corrected chi connectivity index (χ4v) is 2.58. The first-order valence-corrected chi connectivity index (χ1v) is 7.56. The number of hydrogen-bond donors (Lipinski definition) is 1. The van der Waals surface area contributed by atoms with Crippen LogP contribution in [0.5, 0.6) is 0 Å². The molecule has 0 bridgehead atoms. The maximum absolute atomic E-state index is 6.14. The van der Waals surface area contributed by atoms with E-state index in [-0.39, 0.29) is 0 Å². The molecule has 2 rings (SSSR count). The predicted molar refractivity (Wildman–Crippen MR) is 87.5 cm³/mol. The summed E-state index contributed by atoms with van der Waals surface area (Å²) in [6, 6.07) is 14.3. The minimum absolute atomic E-state index is 0.568. The van der Waals surface area contributed by atoms with Crippen LogP contribution in [0.1, 0.15) is 36.5 Å². The van der Waals surface area contributed by atoms with Crippen molar-refractivity contribution in [3.05, 3.63) is 69.2 Å². The molecule has 1 N–H and O–H groups in total. The molecule has 20 heavy (non-hydrogen) atoms. The Balaban J connectivity index is 1.93. The lowest BCUT2D eigenvalue weighted by molar-refractivity contribution is 0.693. The molecule has 2 aromatic rings. The van der Waals surface area contributed by atoms with Crippen LogP contribution in [-0.4, -0.2) is 0 Å². The summed E-state index contributed by atoms with van der Waals surface area (Å²) in [6.45, 7) is 5.88. The fourth-order valence-electron chi connectivity index (χ4n) is 2.05. The standard InChI is InChI=1S/C17H19Cl2N/c1-12(2)14-8-6-13(7-9-14)10-20-11-15-16(18)4-3-5-17(15)19/h3-9,12,20H,10-11H2,1-2H3. The van der Waals surface area contributed by atoms with Crippen LogP contribution >= 0.6 is 23.2 Å². The number of benzene rings is 2. The van der Waals surface area contributed by atoms with Crippen molar-refractivity contribution in [2.45, 2.75) is 32.9 Å². The molecule has 1 nitrogen and oxygen atoms in total. The zero-order valence-electron chi connectivity index (χ0n) is 11.8. The summed E-state index contributed by atoms with van der Waals surface area (Å²) >= 11 is 12.3. The van der Waals surface area contributed by atoms with Gasteiger partial charge in [-0.25, -0.2) is 0 Å². The second-order valence-electron chi connectivity index (χ2n) is 5.20. The molecule has 0 fully saturated rings. The maximum atomic E-state index is 6.14. The zero-order valence-corrected chi connectivity index (χ0v) is 13.3. The first kappa shape index (κ1) is 15.4. The van der Waals surface area contributed by atoms with Crippen LogP contribution in [0.4, 0.5) is 0 Å². The number of halogens is 2. The van der Waals surface area contributed by atoms with Gasteiger partial charge in [-0.3, -0.25) is 0 Å². The lowest BCUT2D eigenvalue weighted by atomic mass is 10.0. The smallest absolute Gasteiger partial charge is 0.0465 e. The monoisotopic (exact) mass is 307 g/mol. The molecule has 0 aliphatic rings. The molecule has 0 aromatic heterocycles. The highest BCUT2D eigenvalue weighted by atomic mass is 35.5. The van der Waals surface area contributed by atoms with Crippen molar-refractivity contribution < 1.29 is 0 Å². The number of hydrogen-bond acceptors (Lipinski definition) is 1. The van der Waals surface area contributed by atoms with Crippen molar-refractivity contribution >= 4 is 23.2 Å². The molecule has 0 amide bonds. The molecule has 0 saturated heterocycles. The van der Waals surface area contributed by atoms with E-state index in [4.69, 9.17) is 23.2 Å². The van der Waals surface area contributed by atoms with Gasteiger partial charge in [0.25, 0.3) is 0 Å². The third-order valence-electron chi connectivity index (χ3n) is 3.34. The van der Waals surface area contributed by atoms with Gasteiger partial charge in [0.2, 0.25) is 0 Å². The van der Waals surface area contributed by atoms with Gasteiger partial charge >= 0.3 is 0 Å². The van der Waals surface area contributed by atoms with Crippen molar-refractivity contribution in [1.29, 1.82) is 0 Å². The number of nitrogens with one attached hydrogen (secondary N) is 1. The first-order chi connectivity index (χ1) is 9.58. The lowest BCUT2D eigenvalue weighted by Crippen LogP contribution is -2.13. The summed E-state index contributed by atoms with van der Waals surface area (Å²) in [4.78, 5) is 0. The SMILES string of the molecule is CC(C)c1ccc(CNCc2c(Cl)cccc2Cl)cc1. The summed E-state index contributed by atoms with van der Waals surface area (Å²) in [6.07, 6.45) is 0. The Labute approximate surface area is 130 Å². The molecule has 0 spiro atoms. The quantitative estimate of drug-likeness (QED) is 0.779. The van der Waals surface area contributed by atoms with Crippen LogP contribution in [0, 0.1) is 0 Å². The van der Waals surface area contributed by atoms with E-state index in [9.17, 15) is 0 Å². The van der Waals surface area contributed by atoms with E-state index >= 15 is 0 Å². The van der Waals surface area contributed by atoms with E-state index in [1.54, 1.807) is 0 Å². The normalized spacial score (nSPS) is 11.1. The summed E-state index contributed by atoms with van der Waals surface area (Å²) in [5.41, 5.74) is 3.58. The van der Waals surface area contributed by atoms with E-state index in [1.807, 2.05) is 18.2 Å². The Bertz CT molecular complexity index is 541. The minimum atomic E-state index is 0.568. The van der Waals surface area contributed by atoms with Gasteiger partial charge in [-0.1, -0.05) is 67.4 Å². The third-order valence-corrected chi connectivity index (χ3v) is 4.05. The van der Waals surface area contributed by atoms with Crippen molar-refractivity contribution in [3.63, 3.8) is 0 Å². The van der Waals surface area contributed by atoms with E-state index in [0.717, 1.165) is 12.1 Å². The van der Waals surface area contributed by atoms with Crippen molar-refractivity contribution in [2.24, 2.45) is 0 Å². The van der Waals surface area contributed by atoms with Gasteiger partial charge in [-0.15, -0.1) is 0 Å². The van der Waals surface area contributed by atoms with Gasteiger partial charge in [0.05, 0.1) is 0 Å². The lowest BCUT2D eigenvalue weighted by Gasteiger charge is -2.10. The second-order valence-corrected chi connectivity index (χ2v) is 6.01. The van der Waals surface area contributed by atoms with E-state index < -0.39 is 0 Å². The van der Waals surface area contributed by atoms with E-state index in [1.165, 1.54) is 11.1 Å². The van der Waals surface area contributed by atoms with Crippen LogP contribution in [0.15, 0.2) is 42.5 Å². The van der Waals surface area contributed by atoms with E-state index in [0.29, 0.717) is 22.5 Å². The van der Waals surface area contributed by atoms with Gasteiger partial charge in [0.1, 0.15) is 0 Å². The fraction of sp³-hybridized carbons (Fsp3) is 0.294. The largest absolute Gasteiger partial charge is 0.309 e. The van der Waals surface area contributed by atoms with Gasteiger partial charge < -0.3 is 5.32 Å². The van der Waals surface area contributed by atoms with Gasteiger partial charge in [0.15, 0.2) is 0 Å². The molecule has 0 unspecified atom stereocenters. The average molecular weight is 308 g/mol. The molecule has 0 saturated carbocycles. The highest BCUT2D eigenvalue weighted by molar-refractivity contribution is 6.35. The van der Waals surface area contributed by atoms with Crippen molar-refractivity contribution in [1.82, 2.24) is 5.32 Å². The molecule has 0 aliphatic heterocycles.